The van der Waals surface area contributed by atoms with E-state index in [0.29, 0.717) is 4.47 Å². The number of nitrogens with zero attached hydrogens (tertiary/aromatic N) is 3. The smallest absolute Gasteiger partial charge is 0.329 e. The molecular formula is C12H10BrClFN3O2. The van der Waals surface area contributed by atoms with Crippen molar-refractivity contribution in [3.05, 3.63) is 33.8 Å². The van der Waals surface area contributed by atoms with Crippen LogP contribution in [0.1, 0.15) is 13.8 Å². The average Bonchev–Trinajstić information content (AvgIpc) is 2.32. The molecule has 0 saturated heterocycles. The van der Waals surface area contributed by atoms with Crippen molar-refractivity contribution in [1.29, 1.82) is 0 Å². The summed E-state index contributed by atoms with van der Waals surface area (Å²) in [5.74, 6) is -0.218. The monoisotopic (exact) mass is 361 g/mol. The van der Waals surface area contributed by atoms with Gasteiger partial charge in [0.1, 0.15) is 11.6 Å². The second-order valence-corrected chi connectivity index (χ2v) is 5.21. The standard InChI is InChI=1S/C12H10BrClFN3O2/c1-6(2)19-11-16-10(14)17-12(18-11)20-9-5-7(15)3-4-8(9)13/h3-6H,1-2H3. The maximum Gasteiger partial charge on any atom is 0.329 e. The van der Waals surface area contributed by atoms with Crippen LogP contribution in [-0.4, -0.2) is 21.1 Å². The Morgan fingerprint density at radius 2 is 1.90 bits per heavy atom. The fourth-order valence-corrected chi connectivity index (χ4v) is 1.75. The van der Waals surface area contributed by atoms with Crippen molar-refractivity contribution in [2.75, 3.05) is 0 Å². The molecule has 2 rings (SSSR count). The highest BCUT2D eigenvalue weighted by molar-refractivity contribution is 9.10. The van der Waals surface area contributed by atoms with Crippen molar-refractivity contribution in [2.24, 2.45) is 0 Å². The fraction of sp³-hybridized carbons (Fsp3) is 0.250. The Kier molecular flexibility index (Phi) is 4.72. The van der Waals surface area contributed by atoms with Crippen molar-refractivity contribution in [1.82, 2.24) is 15.0 Å². The summed E-state index contributed by atoms with van der Waals surface area (Å²) >= 11 is 9.00. The zero-order valence-corrected chi connectivity index (χ0v) is 12.9. The molecule has 0 fully saturated rings. The van der Waals surface area contributed by atoms with Gasteiger partial charge in [0.05, 0.1) is 10.6 Å². The molecule has 1 aromatic heterocycles. The van der Waals surface area contributed by atoms with Crippen LogP contribution in [0.15, 0.2) is 22.7 Å². The minimum absolute atomic E-state index is 0.0440. The molecule has 0 radical (unpaired) electrons. The third-order valence-electron chi connectivity index (χ3n) is 2.00. The lowest BCUT2D eigenvalue weighted by Gasteiger charge is -2.09. The average molecular weight is 363 g/mol. The Bertz CT molecular complexity index is 628. The van der Waals surface area contributed by atoms with Gasteiger partial charge in [-0.05, 0) is 53.5 Å². The van der Waals surface area contributed by atoms with Crippen LogP contribution in [0.25, 0.3) is 0 Å². The first-order valence-corrected chi connectivity index (χ1v) is 6.82. The first-order valence-electron chi connectivity index (χ1n) is 5.65. The molecule has 0 amide bonds. The zero-order chi connectivity index (χ0) is 14.7. The Labute approximate surface area is 128 Å². The molecule has 0 aliphatic rings. The SMILES string of the molecule is CC(C)Oc1nc(Cl)nc(Oc2cc(F)ccc2Br)n1. The molecule has 0 spiro atoms. The molecule has 8 heteroatoms. The van der Waals surface area contributed by atoms with E-state index in [-0.39, 0.29) is 29.2 Å². The van der Waals surface area contributed by atoms with Crippen LogP contribution in [0.3, 0.4) is 0 Å². The first kappa shape index (κ1) is 14.9. The van der Waals surface area contributed by atoms with Crippen molar-refractivity contribution in [2.45, 2.75) is 20.0 Å². The summed E-state index contributed by atoms with van der Waals surface area (Å²) in [6.45, 7) is 3.64. The van der Waals surface area contributed by atoms with Crippen molar-refractivity contribution in [3.63, 3.8) is 0 Å². The highest BCUT2D eigenvalue weighted by atomic mass is 79.9. The Morgan fingerprint density at radius 1 is 1.20 bits per heavy atom. The van der Waals surface area contributed by atoms with E-state index in [1.807, 2.05) is 13.8 Å². The van der Waals surface area contributed by atoms with Gasteiger partial charge in [0.25, 0.3) is 0 Å². The van der Waals surface area contributed by atoms with Gasteiger partial charge in [0.2, 0.25) is 5.28 Å². The van der Waals surface area contributed by atoms with Crippen LogP contribution in [0.5, 0.6) is 17.8 Å². The van der Waals surface area contributed by atoms with Gasteiger partial charge in [0, 0.05) is 6.07 Å². The molecule has 1 heterocycles. The van der Waals surface area contributed by atoms with E-state index in [4.69, 9.17) is 21.1 Å². The lowest BCUT2D eigenvalue weighted by atomic mass is 10.3. The van der Waals surface area contributed by atoms with E-state index in [2.05, 4.69) is 30.9 Å². The maximum atomic E-state index is 13.2. The van der Waals surface area contributed by atoms with Gasteiger partial charge >= 0.3 is 12.0 Å². The Morgan fingerprint density at radius 3 is 2.60 bits per heavy atom. The summed E-state index contributed by atoms with van der Waals surface area (Å²) < 4.78 is 24.4. The van der Waals surface area contributed by atoms with Gasteiger partial charge in [-0.3, -0.25) is 0 Å². The molecule has 0 aliphatic carbocycles. The minimum Gasteiger partial charge on any atom is -0.461 e. The molecule has 0 saturated carbocycles. The molecule has 20 heavy (non-hydrogen) atoms. The highest BCUT2D eigenvalue weighted by Gasteiger charge is 2.11. The van der Waals surface area contributed by atoms with Gasteiger partial charge < -0.3 is 9.47 Å². The van der Waals surface area contributed by atoms with Crippen LogP contribution in [-0.2, 0) is 0 Å². The van der Waals surface area contributed by atoms with Gasteiger partial charge in [-0.15, -0.1) is 4.98 Å². The first-order chi connectivity index (χ1) is 9.44. The van der Waals surface area contributed by atoms with Gasteiger partial charge in [-0.2, -0.15) is 9.97 Å². The molecule has 0 aliphatic heterocycles. The molecule has 5 nitrogen and oxygen atoms in total. The highest BCUT2D eigenvalue weighted by Crippen LogP contribution is 2.29. The summed E-state index contributed by atoms with van der Waals surface area (Å²) in [5, 5.41) is -0.0711. The molecule has 0 atom stereocenters. The molecule has 106 valence electrons. The zero-order valence-electron chi connectivity index (χ0n) is 10.6. The van der Waals surface area contributed by atoms with Gasteiger partial charge in [-0.1, -0.05) is 0 Å². The topological polar surface area (TPSA) is 57.1 Å². The summed E-state index contributed by atoms with van der Waals surface area (Å²) in [4.78, 5) is 11.6. The quantitative estimate of drug-likeness (QED) is 0.822. The van der Waals surface area contributed by atoms with Crippen LogP contribution in [0, 0.1) is 5.82 Å². The Balaban J connectivity index is 2.28. The largest absolute Gasteiger partial charge is 0.461 e. The molecule has 0 unspecified atom stereocenters. The van der Waals surface area contributed by atoms with Crippen LogP contribution in [0.2, 0.25) is 5.28 Å². The Hall–Kier alpha value is -1.47. The van der Waals surface area contributed by atoms with E-state index >= 15 is 0 Å². The molecule has 2 aromatic rings. The number of aromatic nitrogens is 3. The normalized spacial score (nSPS) is 10.7. The van der Waals surface area contributed by atoms with E-state index in [1.54, 1.807) is 0 Å². The van der Waals surface area contributed by atoms with Crippen molar-refractivity contribution in [3.8, 4) is 17.8 Å². The summed E-state index contributed by atoms with van der Waals surface area (Å²) in [6.07, 6.45) is -0.123. The van der Waals surface area contributed by atoms with Gasteiger partial charge in [-0.25, -0.2) is 4.39 Å². The lowest BCUT2D eigenvalue weighted by molar-refractivity contribution is 0.218. The predicted molar refractivity (Wildman–Crippen MR) is 74.8 cm³/mol. The molecule has 0 bridgehead atoms. The van der Waals surface area contributed by atoms with E-state index in [9.17, 15) is 4.39 Å². The van der Waals surface area contributed by atoms with Crippen LogP contribution < -0.4 is 9.47 Å². The molecular weight excluding hydrogens is 353 g/mol. The summed E-state index contributed by atoms with van der Waals surface area (Å²) in [6, 6.07) is 3.98. The number of hydrogen-bond acceptors (Lipinski definition) is 5. The summed E-state index contributed by atoms with van der Waals surface area (Å²) in [7, 11) is 0. The van der Waals surface area contributed by atoms with E-state index < -0.39 is 5.82 Å². The second-order valence-electron chi connectivity index (χ2n) is 4.01. The number of ether oxygens (including phenoxy) is 2. The third-order valence-corrected chi connectivity index (χ3v) is 2.83. The number of hydrogen-bond donors (Lipinski definition) is 0. The van der Waals surface area contributed by atoms with E-state index in [1.165, 1.54) is 18.2 Å². The number of rotatable bonds is 4. The maximum absolute atomic E-state index is 13.2. The lowest BCUT2D eigenvalue weighted by Crippen LogP contribution is -2.09. The van der Waals surface area contributed by atoms with Crippen LogP contribution >= 0.6 is 27.5 Å². The molecule has 1 aromatic carbocycles. The van der Waals surface area contributed by atoms with Crippen molar-refractivity contribution >= 4 is 27.5 Å². The predicted octanol–water partition coefficient (Wildman–Crippen LogP) is 4.01. The van der Waals surface area contributed by atoms with Crippen LogP contribution in [0.4, 0.5) is 4.39 Å². The van der Waals surface area contributed by atoms with Crippen molar-refractivity contribution < 1.29 is 13.9 Å². The third kappa shape index (κ3) is 4.01. The van der Waals surface area contributed by atoms with E-state index in [0.717, 1.165) is 0 Å². The number of benzene rings is 1. The minimum atomic E-state index is -0.443. The summed E-state index contributed by atoms with van der Waals surface area (Å²) in [5.41, 5.74) is 0. The number of halogens is 3. The second kappa shape index (κ2) is 6.32. The fourth-order valence-electron chi connectivity index (χ4n) is 1.28. The van der Waals surface area contributed by atoms with Gasteiger partial charge in [0.15, 0.2) is 0 Å². The molecule has 0 N–H and O–H groups in total.